The van der Waals surface area contributed by atoms with Crippen molar-refractivity contribution in [3.05, 3.63) is 119 Å². The molecule has 2 aliphatic rings. The van der Waals surface area contributed by atoms with Gasteiger partial charge in [-0.25, -0.2) is 0 Å². The standard InChI is InChI=1S/C28H28Br2S/c1-27(29)17-13-23(14-18-27)25(21-9-5-3-6-10-21)31-26(22-11-7-4-8-12-22)24-15-19-28(2,30)20-16-24/h3-17,19,25-26H,18,20H2,1-2H3. The maximum atomic E-state index is 3.83. The minimum absolute atomic E-state index is 0.0518. The van der Waals surface area contributed by atoms with Gasteiger partial charge in [0.15, 0.2) is 0 Å². The molecule has 0 amide bonds. The quantitative estimate of drug-likeness (QED) is 0.320. The summed E-state index contributed by atoms with van der Waals surface area (Å²) < 4.78 is 0.104. The van der Waals surface area contributed by atoms with Gasteiger partial charge in [-0.05, 0) is 49.0 Å². The number of thioether (sulfide) groups is 1. The van der Waals surface area contributed by atoms with Crippen molar-refractivity contribution in [2.45, 2.75) is 45.8 Å². The van der Waals surface area contributed by atoms with Crippen LogP contribution in [0.25, 0.3) is 0 Å². The zero-order valence-electron chi connectivity index (χ0n) is 18.0. The molecular weight excluding hydrogens is 528 g/mol. The van der Waals surface area contributed by atoms with Crippen LogP contribution in [0.5, 0.6) is 0 Å². The Bertz CT molecular complexity index is 930. The largest absolute Gasteiger partial charge is 0.136 e. The molecule has 0 aromatic heterocycles. The molecule has 0 N–H and O–H groups in total. The van der Waals surface area contributed by atoms with Crippen LogP contribution in [0.1, 0.15) is 48.3 Å². The number of allylic oxidation sites excluding steroid dienone is 6. The third-order valence-electron chi connectivity index (χ3n) is 5.80. The fraction of sp³-hybridized carbons (Fsp3) is 0.286. The minimum atomic E-state index is 0.0518. The van der Waals surface area contributed by atoms with Gasteiger partial charge in [0.2, 0.25) is 0 Å². The molecule has 2 aromatic rings. The Morgan fingerprint density at radius 1 is 0.677 bits per heavy atom. The summed E-state index contributed by atoms with van der Waals surface area (Å²) in [5.74, 6) is 0. The third kappa shape index (κ3) is 5.94. The average molecular weight is 556 g/mol. The second-order valence-corrected chi connectivity index (χ2v) is 13.6. The summed E-state index contributed by atoms with van der Waals surface area (Å²) in [6.45, 7) is 4.45. The van der Waals surface area contributed by atoms with E-state index in [-0.39, 0.29) is 19.1 Å². The van der Waals surface area contributed by atoms with Gasteiger partial charge in [-0.1, -0.05) is 129 Å². The van der Waals surface area contributed by atoms with Crippen LogP contribution in [0.3, 0.4) is 0 Å². The summed E-state index contributed by atoms with van der Waals surface area (Å²) in [5, 5.41) is 0.552. The molecule has 2 aliphatic carbocycles. The van der Waals surface area contributed by atoms with Crippen LogP contribution in [0.2, 0.25) is 0 Å². The molecule has 160 valence electrons. The van der Waals surface area contributed by atoms with Gasteiger partial charge in [0.1, 0.15) is 0 Å². The summed E-state index contributed by atoms with van der Waals surface area (Å²) in [6.07, 6.45) is 16.0. The number of hydrogen-bond acceptors (Lipinski definition) is 1. The number of benzene rings is 2. The highest BCUT2D eigenvalue weighted by Crippen LogP contribution is 2.51. The molecule has 4 atom stereocenters. The number of alkyl halides is 2. The number of hydrogen-bond donors (Lipinski definition) is 0. The van der Waals surface area contributed by atoms with Crippen molar-refractivity contribution in [3.8, 4) is 0 Å². The third-order valence-corrected chi connectivity index (χ3v) is 8.61. The first kappa shape index (κ1) is 22.9. The van der Waals surface area contributed by atoms with Crippen molar-refractivity contribution < 1.29 is 0 Å². The Morgan fingerprint density at radius 3 is 1.39 bits per heavy atom. The highest BCUT2D eigenvalue weighted by Gasteiger charge is 2.29. The molecule has 0 bridgehead atoms. The van der Waals surface area contributed by atoms with E-state index in [1.54, 1.807) is 0 Å². The predicted molar refractivity (Wildman–Crippen MR) is 144 cm³/mol. The Hall–Kier alpha value is -1.29. The van der Waals surface area contributed by atoms with E-state index in [4.69, 9.17) is 0 Å². The first-order valence-electron chi connectivity index (χ1n) is 10.7. The molecule has 0 aliphatic heterocycles. The van der Waals surface area contributed by atoms with Crippen LogP contribution in [0.4, 0.5) is 0 Å². The number of halogens is 2. The smallest absolute Gasteiger partial charge is 0.0552 e. The second kappa shape index (κ2) is 9.68. The fourth-order valence-electron chi connectivity index (χ4n) is 3.93. The normalized spacial score (nSPS) is 27.4. The van der Waals surface area contributed by atoms with Crippen molar-refractivity contribution in [1.29, 1.82) is 0 Å². The van der Waals surface area contributed by atoms with E-state index < -0.39 is 0 Å². The van der Waals surface area contributed by atoms with E-state index in [9.17, 15) is 0 Å². The highest BCUT2D eigenvalue weighted by molar-refractivity contribution is 9.10. The zero-order valence-corrected chi connectivity index (χ0v) is 22.0. The molecule has 4 unspecified atom stereocenters. The molecule has 31 heavy (non-hydrogen) atoms. The lowest BCUT2D eigenvalue weighted by atomic mass is 9.93. The van der Waals surface area contributed by atoms with Crippen molar-refractivity contribution in [3.63, 3.8) is 0 Å². The van der Waals surface area contributed by atoms with Crippen molar-refractivity contribution >= 4 is 43.6 Å². The first-order chi connectivity index (χ1) is 14.8. The molecule has 0 heterocycles. The molecular formula is C28H28Br2S. The summed E-state index contributed by atoms with van der Waals surface area (Å²) in [7, 11) is 0. The lowest BCUT2D eigenvalue weighted by molar-refractivity contribution is 0.799. The molecule has 4 rings (SSSR count). The summed E-state index contributed by atoms with van der Waals surface area (Å²) >= 11 is 9.69. The molecule has 0 saturated carbocycles. The van der Waals surface area contributed by atoms with Crippen LogP contribution in [0, 0.1) is 0 Å². The van der Waals surface area contributed by atoms with Crippen molar-refractivity contribution in [1.82, 2.24) is 0 Å². The molecule has 0 radical (unpaired) electrons. The highest BCUT2D eigenvalue weighted by atomic mass is 79.9. The van der Waals surface area contributed by atoms with Crippen molar-refractivity contribution in [2.75, 3.05) is 0 Å². The molecule has 0 nitrogen and oxygen atoms in total. The fourth-order valence-corrected chi connectivity index (χ4v) is 6.08. The Kier molecular flexibility index (Phi) is 7.15. The SMILES string of the molecule is CC1(Br)C=CC(C(SC(C2=CCC(C)(Br)C=C2)c2ccccc2)c2ccccc2)=CC1. The van der Waals surface area contributed by atoms with Gasteiger partial charge >= 0.3 is 0 Å². The second-order valence-electron chi connectivity index (χ2n) is 8.76. The van der Waals surface area contributed by atoms with E-state index in [0.29, 0.717) is 0 Å². The zero-order chi connectivity index (χ0) is 21.9. The van der Waals surface area contributed by atoms with Crippen LogP contribution < -0.4 is 0 Å². The van der Waals surface area contributed by atoms with Gasteiger partial charge in [0, 0.05) is 8.65 Å². The van der Waals surface area contributed by atoms with Crippen LogP contribution in [0.15, 0.2) is 108 Å². The summed E-state index contributed by atoms with van der Waals surface area (Å²) in [5.41, 5.74) is 5.49. The maximum absolute atomic E-state index is 3.83. The predicted octanol–water partition coefficient (Wildman–Crippen LogP) is 9.28. The molecule has 0 spiro atoms. The summed E-state index contributed by atoms with van der Waals surface area (Å²) in [4.78, 5) is 0. The van der Waals surface area contributed by atoms with E-state index >= 15 is 0 Å². The monoisotopic (exact) mass is 554 g/mol. The van der Waals surface area contributed by atoms with Crippen molar-refractivity contribution in [2.24, 2.45) is 0 Å². The van der Waals surface area contributed by atoms with Gasteiger partial charge in [-0.15, -0.1) is 11.8 Å². The topological polar surface area (TPSA) is 0 Å². The lowest BCUT2D eigenvalue weighted by Crippen LogP contribution is -2.16. The van der Waals surface area contributed by atoms with Crippen LogP contribution >= 0.6 is 43.6 Å². The van der Waals surface area contributed by atoms with E-state index in [2.05, 4.69) is 143 Å². The number of rotatable bonds is 6. The lowest BCUT2D eigenvalue weighted by Gasteiger charge is -2.31. The average Bonchev–Trinajstić information content (AvgIpc) is 2.77. The Labute approximate surface area is 207 Å². The Balaban J connectivity index is 1.71. The maximum Gasteiger partial charge on any atom is 0.0552 e. The molecule has 0 saturated heterocycles. The van der Waals surface area contributed by atoms with E-state index in [1.807, 2.05) is 11.8 Å². The molecule has 2 aromatic carbocycles. The van der Waals surface area contributed by atoms with Crippen LogP contribution in [-0.2, 0) is 0 Å². The van der Waals surface area contributed by atoms with Crippen LogP contribution in [-0.4, -0.2) is 8.65 Å². The van der Waals surface area contributed by atoms with E-state index in [1.165, 1.54) is 22.3 Å². The first-order valence-corrected chi connectivity index (χ1v) is 13.3. The van der Waals surface area contributed by atoms with Gasteiger partial charge in [0.25, 0.3) is 0 Å². The van der Waals surface area contributed by atoms with Gasteiger partial charge in [-0.3, -0.25) is 0 Å². The van der Waals surface area contributed by atoms with E-state index in [0.717, 1.165) is 12.8 Å². The van der Waals surface area contributed by atoms with Gasteiger partial charge in [0.05, 0.1) is 10.5 Å². The Morgan fingerprint density at radius 2 is 1.06 bits per heavy atom. The molecule has 3 heteroatoms. The summed E-state index contributed by atoms with van der Waals surface area (Å²) in [6, 6.07) is 21.8. The van der Waals surface area contributed by atoms with Gasteiger partial charge in [-0.2, -0.15) is 0 Å². The minimum Gasteiger partial charge on any atom is -0.136 e. The molecule has 0 fully saturated rings. The van der Waals surface area contributed by atoms with Gasteiger partial charge < -0.3 is 0 Å².